The first-order valence-corrected chi connectivity index (χ1v) is 7.29. The lowest BCUT2D eigenvalue weighted by Crippen LogP contribution is -2.10. The van der Waals surface area contributed by atoms with Gasteiger partial charge in [-0.25, -0.2) is 0 Å². The highest BCUT2D eigenvalue weighted by atomic mass is 35.5. The molecule has 0 N–H and O–H groups in total. The van der Waals surface area contributed by atoms with E-state index in [9.17, 15) is 0 Å². The Balaban J connectivity index is 1.87. The Kier molecular flexibility index (Phi) is 3.32. The number of rotatable bonds is 2. The van der Waals surface area contributed by atoms with Gasteiger partial charge < -0.3 is 0 Å². The summed E-state index contributed by atoms with van der Waals surface area (Å²) < 4.78 is 1.88. The molecular weight excluding hydrogens is 279 g/mol. The Morgan fingerprint density at radius 3 is 2.74 bits per heavy atom. The van der Waals surface area contributed by atoms with Gasteiger partial charge in [0.1, 0.15) is 0 Å². The van der Waals surface area contributed by atoms with Gasteiger partial charge in [0.05, 0.1) is 21.8 Å². The van der Waals surface area contributed by atoms with Crippen molar-refractivity contribution in [2.24, 2.45) is 13.0 Å². The Hall–Kier alpha value is -0.990. The van der Waals surface area contributed by atoms with E-state index in [-0.39, 0.29) is 5.38 Å². The second-order valence-electron chi connectivity index (χ2n) is 5.24. The molecule has 3 rings (SSSR count). The zero-order valence-electron chi connectivity index (χ0n) is 11.0. The first kappa shape index (κ1) is 13.0. The van der Waals surface area contributed by atoms with Gasteiger partial charge in [-0.2, -0.15) is 5.10 Å². The van der Waals surface area contributed by atoms with Crippen LogP contribution in [-0.2, 0) is 19.9 Å². The van der Waals surface area contributed by atoms with Crippen LogP contribution in [0.4, 0.5) is 0 Å². The molecule has 2 unspecified atom stereocenters. The Bertz CT molecular complexity index is 619. The molecule has 1 aromatic carbocycles. The van der Waals surface area contributed by atoms with Crippen molar-refractivity contribution in [2.75, 3.05) is 0 Å². The summed E-state index contributed by atoms with van der Waals surface area (Å²) >= 11 is 12.9. The van der Waals surface area contributed by atoms with Crippen molar-refractivity contribution in [3.05, 3.63) is 51.8 Å². The molecule has 0 spiro atoms. The van der Waals surface area contributed by atoms with Crippen LogP contribution in [0.1, 0.15) is 27.9 Å². The molecule has 1 aliphatic rings. The number of halogens is 2. The number of hydrogen-bond donors (Lipinski definition) is 0. The van der Waals surface area contributed by atoms with Crippen LogP contribution in [-0.4, -0.2) is 9.78 Å². The van der Waals surface area contributed by atoms with Crippen LogP contribution in [0.25, 0.3) is 0 Å². The van der Waals surface area contributed by atoms with E-state index >= 15 is 0 Å². The quantitative estimate of drug-likeness (QED) is 0.763. The molecule has 0 fully saturated rings. The van der Waals surface area contributed by atoms with Gasteiger partial charge in [-0.3, -0.25) is 4.68 Å². The molecule has 4 heteroatoms. The van der Waals surface area contributed by atoms with E-state index in [0.717, 1.165) is 29.3 Å². The van der Waals surface area contributed by atoms with Crippen LogP contribution >= 0.6 is 23.2 Å². The smallest absolute Gasteiger partial charge is 0.0847 e. The van der Waals surface area contributed by atoms with Gasteiger partial charge in [-0.15, -0.1) is 11.6 Å². The standard InChI is InChI=1S/C15H16Cl2N2/c1-9-14(16)13(19(2)18-9)8-11-7-10-5-3-4-6-12(10)15(11)17/h3-6,11,15H,7-8H2,1-2H3. The number of nitrogens with zero attached hydrogens (tertiary/aromatic N) is 2. The fourth-order valence-corrected chi connectivity index (χ4v) is 3.58. The highest BCUT2D eigenvalue weighted by Crippen LogP contribution is 2.42. The first-order valence-electron chi connectivity index (χ1n) is 6.47. The molecule has 1 heterocycles. The van der Waals surface area contributed by atoms with Gasteiger partial charge in [-0.05, 0) is 36.8 Å². The minimum absolute atomic E-state index is 0.0717. The van der Waals surface area contributed by atoms with E-state index in [0.29, 0.717) is 5.92 Å². The second kappa shape index (κ2) is 4.84. The molecule has 0 bridgehead atoms. The summed E-state index contributed by atoms with van der Waals surface area (Å²) in [5, 5.41) is 5.22. The summed E-state index contributed by atoms with van der Waals surface area (Å²) in [5.74, 6) is 0.395. The predicted octanol–water partition coefficient (Wildman–Crippen LogP) is 4.08. The van der Waals surface area contributed by atoms with Crippen molar-refractivity contribution in [1.29, 1.82) is 0 Å². The highest BCUT2D eigenvalue weighted by molar-refractivity contribution is 6.31. The molecule has 0 amide bonds. The summed E-state index contributed by atoms with van der Waals surface area (Å²) in [6, 6.07) is 8.42. The summed E-state index contributed by atoms with van der Waals surface area (Å²) in [7, 11) is 1.94. The fourth-order valence-electron chi connectivity index (χ4n) is 2.95. The van der Waals surface area contributed by atoms with E-state index < -0.39 is 0 Å². The monoisotopic (exact) mass is 294 g/mol. The van der Waals surface area contributed by atoms with Crippen LogP contribution in [0.2, 0.25) is 5.02 Å². The molecule has 0 saturated heterocycles. The topological polar surface area (TPSA) is 17.8 Å². The molecule has 0 saturated carbocycles. The van der Waals surface area contributed by atoms with Crippen molar-refractivity contribution in [3.63, 3.8) is 0 Å². The SMILES string of the molecule is Cc1nn(C)c(CC2Cc3ccccc3C2Cl)c1Cl. The average molecular weight is 295 g/mol. The van der Waals surface area contributed by atoms with Crippen molar-refractivity contribution >= 4 is 23.2 Å². The number of alkyl halides is 1. The maximum absolute atomic E-state index is 6.60. The molecule has 2 nitrogen and oxygen atoms in total. The lowest BCUT2D eigenvalue weighted by atomic mass is 9.99. The largest absolute Gasteiger partial charge is 0.271 e. The molecule has 100 valence electrons. The van der Waals surface area contributed by atoms with Gasteiger partial charge in [0.2, 0.25) is 0 Å². The fraction of sp³-hybridized carbons (Fsp3) is 0.400. The minimum Gasteiger partial charge on any atom is -0.271 e. The number of benzene rings is 1. The third-order valence-electron chi connectivity index (χ3n) is 3.97. The molecule has 1 aliphatic carbocycles. The third-order valence-corrected chi connectivity index (χ3v) is 5.05. The third kappa shape index (κ3) is 2.17. The van der Waals surface area contributed by atoms with E-state index in [1.807, 2.05) is 18.7 Å². The molecule has 2 atom stereocenters. The summed E-state index contributed by atoms with van der Waals surface area (Å²) in [5.41, 5.74) is 4.61. The molecule has 2 aromatic rings. The zero-order chi connectivity index (χ0) is 13.6. The van der Waals surface area contributed by atoms with Crippen LogP contribution in [0.5, 0.6) is 0 Å². The molecule has 1 aromatic heterocycles. The highest BCUT2D eigenvalue weighted by Gasteiger charge is 2.32. The van der Waals surface area contributed by atoms with Gasteiger partial charge in [0, 0.05) is 7.05 Å². The zero-order valence-corrected chi connectivity index (χ0v) is 12.5. The van der Waals surface area contributed by atoms with Crippen LogP contribution in [0.15, 0.2) is 24.3 Å². The minimum atomic E-state index is 0.0717. The molecule has 0 aliphatic heterocycles. The number of aryl methyl sites for hydroxylation is 2. The van der Waals surface area contributed by atoms with Crippen LogP contribution in [0.3, 0.4) is 0 Å². The van der Waals surface area contributed by atoms with Gasteiger partial charge in [-0.1, -0.05) is 35.9 Å². The molecule has 0 radical (unpaired) electrons. The van der Waals surface area contributed by atoms with Crippen molar-refractivity contribution in [1.82, 2.24) is 9.78 Å². The Morgan fingerprint density at radius 2 is 2.11 bits per heavy atom. The van der Waals surface area contributed by atoms with Gasteiger partial charge in [0.25, 0.3) is 0 Å². The number of fused-ring (bicyclic) bond motifs is 1. The van der Waals surface area contributed by atoms with Gasteiger partial charge in [0.15, 0.2) is 0 Å². The maximum Gasteiger partial charge on any atom is 0.0847 e. The summed E-state index contributed by atoms with van der Waals surface area (Å²) in [4.78, 5) is 0. The van der Waals surface area contributed by atoms with Crippen molar-refractivity contribution < 1.29 is 0 Å². The average Bonchev–Trinajstić information content (AvgIpc) is 2.83. The normalized spacial score (nSPS) is 21.7. The maximum atomic E-state index is 6.60. The van der Waals surface area contributed by atoms with Crippen molar-refractivity contribution in [2.45, 2.75) is 25.1 Å². The Labute approximate surface area is 123 Å². The predicted molar refractivity (Wildman–Crippen MR) is 78.9 cm³/mol. The molecule has 19 heavy (non-hydrogen) atoms. The summed E-state index contributed by atoms with van der Waals surface area (Å²) in [6.07, 6.45) is 1.89. The van der Waals surface area contributed by atoms with Crippen LogP contribution in [0, 0.1) is 12.8 Å². The van der Waals surface area contributed by atoms with Gasteiger partial charge >= 0.3 is 0 Å². The lowest BCUT2D eigenvalue weighted by molar-refractivity contribution is 0.518. The summed E-state index contributed by atoms with van der Waals surface area (Å²) in [6.45, 7) is 1.94. The van der Waals surface area contributed by atoms with E-state index in [1.54, 1.807) is 0 Å². The van der Waals surface area contributed by atoms with E-state index in [2.05, 4.69) is 29.4 Å². The van der Waals surface area contributed by atoms with E-state index in [4.69, 9.17) is 23.2 Å². The number of aromatic nitrogens is 2. The van der Waals surface area contributed by atoms with E-state index in [1.165, 1.54) is 11.1 Å². The Morgan fingerprint density at radius 1 is 1.37 bits per heavy atom. The molecular formula is C15H16Cl2N2. The second-order valence-corrected chi connectivity index (χ2v) is 6.09. The first-order chi connectivity index (χ1) is 9.08. The number of hydrogen-bond acceptors (Lipinski definition) is 1. The lowest BCUT2D eigenvalue weighted by Gasteiger charge is -2.14. The van der Waals surface area contributed by atoms with Crippen molar-refractivity contribution in [3.8, 4) is 0 Å². The van der Waals surface area contributed by atoms with Crippen LogP contribution < -0.4 is 0 Å².